The molecule has 150 valence electrons. The van der Waals surface area contributed by atoms with Crippen LogP contribution in [0.5, 0.6) is 5.88 Å². The zero-order valence-electron chi connectivity index (χ0n) is 14.8. The summed E-state index contributed by atoms with van der Waals surface area (Å²) in [7, 11) is 0. The quantitative estimate of drug-likeness (QED) is 0.525. The summed E-state index contributed by atoms with van der Waals surface area (Å²) in [5.74, 6) is -0.389. The minimum absolute atomic E-state index is 0.103. The highest BCUT2D eigenvalue weighted by atomic mass is 35.5. The first-order valence-electron chi connectivity index (χ1n) is 8.67. The maximum Gasteiger partial charge on any atom is 0.388 e. The average molecular weight is 440 g/mol. The summed E-state index contributed by atoms with van der Waals surface area (Å²) in [6.07, 6.45) is -1.35. The predicted molar refractivity (Wildman–Crippen MR) is 104 cm³/mol. The smallest absolute Gasteiger partial charge is 0.388 e. The van der Waals surface area contributed by atoms with Crippen molar-refractivity contribution in [2.24, 2.45) is 0 Å². The molecule has 2 atom stereocenters. The number of halogens is 5. The lowest BCUT2D eigenvalue weighted by molar-refractivity contribution is -0.0534. The Balaban J connectivity index is 1.68. The molecule has 1 aliphatic rings. The number of benzene rings is 2. The third-order valence-corrected chi connectivity index (χ3v) is 5.47. The van der Waals surface area contributed by atoms with Crippen LogP contribution in [0.2, 0.25) is 10.0 Å². The van der Waals surface area contributed by atoms with Crippen molar-refractivity contribution in [1.29, 1.82) is 0 Å². The van der Waals surface area contributed by atoms with Gasteiger partial charge in [0.15, 0.2) is 6.30 Å². The van der Waals surface area contributed by atoms with Gasteiger partial charge in [-0.25, -0.2) is 4.39 Å². The van der Waals surface area contributed by atoms with Gasteiger partial charge in [-0.1, -0.05) is 41.4 Å². The molecule has 0 radical (unpaired) electrons. The van der Waals surface area contributed by atoms with E-state index < -0.39 is 12.9 Å². The molecule has 3 aromatic rings. The normalized spacial score (nSPS) is 18.6. The number of alkyl halides is 3. The van der Waals surface area contributed by atoms with Gasteiger partial charge in [-0.15, -0.1) is 10.2 Å². The Morgan fingerprint density at radius 3 is 2.48 bits per heavy atom. The summed E-state index contributed by atoms with van der Waals surface area (Å²) in [5, 5.41) is 11.2. The fourth-order valence-corrected chi connectivity index (χ4v) is 3.67. The molecule has 4 nitrogen and oxygen atoms in total. The standard InChI is InChI=1S/C20H14Cl2F3N3O/c21-15-4-2-10(8-16(15)22)14-9-26-19(23)13-7-11(1-3-12(13)14)17-5-6-18(28-27-17)29-20(24)25/h1-8,14,19-20,26H,9H2. The van der Waals surface area contributed by atoms with Crippen LogP contribution in [0.4, 0.5) is 13.2 Å². The second-order valence-corrected chi connectivity index (χ2v) is 7.29. The summed E-state index contributed by atoms with van der Waals surface area (Å²) in [6, 6.07) is 13.4. The lowest BCUT2D eigenvalue weighted by atomic mass is 9.84. The number of fused-ring (bicyclic) bond motifs is 1. The van der Waals surface area contributed by atoms with Gasteiger partial charge in [0.25, 0.3) is 0 Å². The molecule has 0 saturated heterocycles. The van der Waals surface area contributed by atoms with Crippen molar-refractivity contribution in [1.82, 2.24) is 15.5 Å². The highest BCUT2D eigenvalue weighted by Crippen LogP contribution is 2.38. The Morgan fingerprint density at radius 2 is 1.79 bits per heavy atom. The number of hydrogen-bond donors (Lipinski definition) is 1. The van der Waals surface area contributed by atoms with Crippen LogP contribution in [0.15, 0.2) is 48.5 Å². The molecule has 0 amide bonds. The van der Waals surface area contributed by atoms with Crippen LogP contribution in [-0.4, -0.2) is 23.4 Å². The first kappa shape index (κ1) is 19.9. The SMILES string of the molecule is FC(F)Oc1ccc(-c2ccc3c(c2)C(F)NCC3c2ccc(Cl)c(Cl)c2)nn1. The first-order valence-corrected chi connectivity index (χ1v) is 9.43. The molecule has 2 heterocycles. The van der Waals surface area contributed by atoms with E-state index in [0.29, 0.717) is 33.4 Å². The highest BCUT2D eigenvalue weighted by molar-refractivity contribution is 6.42. The van der Waals surface area contributed by atoms with E-state index in [4.69, 9.17) is 23.2 Å². The van der Waals surface area contributed by atoms with Gasteiger partial charge < -0.3 is 4.74 Å². The van der Waals surface area contributed by atoms with Crippen LogP contribution < -0.4 is 10.1 Å². The van der Waals surface area contributed by atoms with Crippen LogP contribution in [0.3, 0.4) is 0 Å². The summed E-state index contributed by atoms with van der Waals surface area (Å²) < 4.78 is 43.3. The highest BCUT2D eigenvalue weighted by Gasteiger charge is 2.28. The van der Waals surface area contributed by atoms with Gasteiger partial charge in [0, 0.05) is 29.7 Å². The predicted octanol–water partition coefficient (Wildman–Crippen LogP) is 5.76. The molecule has 0 bridgehead atoms. The second-order valence-electron chi connectivity index (χ2n) is 6.48. The molecule has 0 spiro atoms. The Bertz CT molecular complexity index is 1030. The molecule has 9 heteroatoms. The zero-order chi connectivity index (χ0) is 20.5. The molecule has 1 N–H and O–H groups in total. The summed E-state index contributed by atoms with van der Waals surface area (Å²) >= 11 is 12.1. The Labute approximate surface area is 174 Å². The molecule has 1 aliphatic heterocycles. The fraction of sp³-hybridized carbons (Fsp3) is 0.200. The second kappa shape index (κ2) is 8.18. The van der Waals surface area contributed by atoms with E-state index in [1.165, 1.54) is 12.1 Å². The largest absolute Gasteiger partial charge is 0.415 e. The van der Waals surface area contributed by atoms with Gasteiger partial charge >= 0.3 is 6.61 Å². The monoisotopic (exact) mass is 439 g/mol. The average Bonchev–Trinajstić information content (AvgIpc) is 2.70. The number of aromatic nitrogens is 2. The van der Waals surface area contributed by atoms with Crippen molar-refractivity contribution >= 4 is 23.2 Å². The molecule has 4 rings (SSSR count). The van der Waals surface area contributed by atoms with Gasteiger partial charge in [0.1, 0.15) is 0 Å². The number of nitrogens with zero attached hydrogens (tertiary/aromatic N) is 2. The van der Waals surface area contributed by atoms with Crippen molar-refractivity contribution in [2.75, 3.05) is 6.54 Å². The van der Waals surface area contributed by atoms with Crippen molar-refractivity contribution in [3.05, 3.63) is 75.3 Å². The summed E-state index contributed by atoms with van der Waals surface area (Å²) in [6.45, 7) is -2.57. The van der Waals surface area contributed by atoms with Crippen molar-refractivity contribution in [2.45, 2.75) is 18.8 Å². The lowest BCUT2D eigenvalue weighted by Crippen LogP contribution is -2.31. The number of rotatable bonds is 4. The van der Waals surface area contributed by atoms with E-state index in [0.717, 1.165) is 11.1 Å². The Morgan fingerprint density at radius 1 is 0.966 bits per heavy atom. The molecule has 0 fully saturated rings. The fourth-order valence-electron chi connectivity index (χ4n) is 3.37. The molecule has 1 aromatic heterocycles. The minimum atomic E-state index is -2.98. The van der Waals surface area contributed by atoms with Gasteiger partial charge in [0.05, 0.1) is 15.7 Å². The third kappa shape index (κ3) is 4.17. The van der Waals surface area contributed by atoms with Crippen molar-refractivity contribution in [3.63, 3.8) is 0 Å². The van der Waals surface area contributed by atoms with E-state index in [2.05, 4.69) is 20.3 Å². The van der Waals surface area contributed by atoms with E-state index in [-0.39, 0.29) is 11.8 Å². The van der Waals surface area contributed by atoms with E-state index in [9.17, 15) is 13.2 Å². The number of ether oxygens (including phenoxy) is 1. The summed E-state index contributed by atoms with van der Waals surface area (Å²) in [5.41, 5.74) is 3.24. The lowest BCUT2D eigenvalue weighted by Gasteiger charge is -2.30. The van der Waals surface area contributed by atoms with Crippen LogP contribution >= 0.6 is 23.2 Å². The van der Waals surface area contributed by atoms with Gasteiger partial charge in [-0.05, 0) is 35.4 Å². The Hall–Kier alpha value is -2.35. The van der Waals surface area contributed by atoms with Gasteiger partial charge in [0.2, 0.25) is 5.88 Å². The maximum atomic E-state index is 14.6. The molecule has 2 aromatic carbocycles. The minimum Gasteiger partial charge on any atom is -0.415 e. The molecular weight excluding hydrogens is 426 g/mol. The van der Waals surface area contributed by atoms with Crippen molar-refractivity contribution in [3.8, 4) is 17.1 Å². The van der Waals surface area contributed by atoms with E-state index in [1.807, 2.05) is 12.1 Å². The van der Waals surface area contributed by atoms with Crippen LogP contribution in [0.25, 0.3) is 11.3 Å². The zero-order valence-corrected chi connectivity index (χ0v) is 16.3. The van der Waals surface area contributed by atoms with Gasteiger partial charge in [-0.2, -0.15) is 8.78 Å². The summed E-state index contributed by atoms with van der Waals surface area (Å²) in [4.78, 5) is 0. The third-order valence-electron chi connectivity index (χ3n) is 4.73. The van der Waals surface area contributed by atoms with Crippen LogP contribution in [0.1, 0.15) is 28.9 Å². The van der Waals surface area contributed by atoms with Gasteiger partial charge in [-0.3, -0.25) is 5.32 Å². The number of nitrogens with one attached hydrogen (secondary N) is 1. The first-order chi connectivity index (χ1) is 13.9. The van der Waals surface area contributed by atoms with E-state index >= 15 is 0 Å². The van der Waals surface area contributed by atoms with Crippen molar-refractivity contribution < 1.29 is 17.9 Å². The van der Waals surface area contributed by atoms with Crippen LogP contribution in [-0.2, 0) is 0 Å². The van der Waals surface area contributed by atoms with E-state index in [1.54, 1.807) is 24.3 Å². The molecule has 0 saturated carbocycles. The molecule has 2 unspecified atom stereocenters. The molecule has 0 aliphatic carbocycles. The number of hydrogen-bond acceptors (Lipinski definition) is 4. The Kier molecular flexibility index (Phi) is 5.63. The molecular formula is C20H14Cl2F3N3O. The molecule has 29 heavy (non-hydrogen) atoms. The topological polar surface area (TPSA) is 47.0 Å². The maximum absolute atomic E-state index is 14.6. The van der Waals surface area contributed by atoms with Crippen LogP contribution in [0, 0.1) is 0 Å².